The Bertz CT molecular complexity index is 1100. The SMILES string of the molecule is C=CCCCCCCC(CC(=O)OC(CCCCC=C)CC(=O)OC(CCC=C)CC(C)=O)OC(=O)CC(CCOc1ccccc1)OC. The maximum absolute atomic E-state index is 13.3. The average molecular weight is 685 g/mol. The number of methoxy groups -OCH3 is 1. The number of allylic oxidation sites excluding steroid dienone is 3. The molecule has 0 aromatic heterocycles. The second-order valence-corrected chi connectivity index (χ2v) is 12.4. The van der Waals surface area contributed by atoms with Crippen molar-refractivity contribution < 1.29 is 42.9 Å². The van der Waals surface area contributed by atoms with Gasteiger partial charge in [0.2, 0.25) is 0 Å². The van der Waals surface area contributed by atoms with Crippen LogP contribution in [0.2, 0.25) is 0 Å². The summed E-state index contributed by atoms with van der Waals surface area (Å²) in [5.41, 5.74) is 0. The van der Waals surface area contributed by atoms with E-state index < -0.39 is 42.3 Å². The summed E-state index contributed by atoms with van der Waals surface area (Å²) < 4.78 is 28.5. The van der Waals surface area contributed by atoms with Crippen molar-refractivity contribution in [3.8, 4) is 5.75 Å². The second-order valence-electron chi connectivity index (χ2n) is 12.4. The highest BCUT2D eigenvalue weighted by molar-refractivity contribution is 5.77. The molecule has 0 aliphatic rings. The van der Waals surface area contributed by atoms with Gasteiger partial charge in [0.1, 0.15) is 29.8 Å². The zero-order valence-corrected chi connectivity index (χ0v) is 30.0. The molecule has 0 fully saturated rings. The van der Waals surface area contributed by atoms with Crippen LogP contribution in [-0.2, 0) is 38.1 Å². The number of carbonyl (C=O) groups is 4. The van der Waals surface area contributed by atoms with E-state index in [0.29, 0.717) is 38.7 Å². The Balaban J connectivity index is 2.86. The van der Waals surface area contributed by atoms with E-state index in [1.807, 2.05) is 42.5 Å². The van der Waals surface area contributed by atoms with Gasteiger partial charge >= 0.3 is 17.9 Å². The Hall–Kier alpha value is -3.72. The molecule has 1 aromatic rings. The molecule has 0 saturated carbocycles. The van der Waals surface area contributed by atoms with Gasteiger partial charge in [-0.2, -0.15) is 0 Å². The number of Topliss-reactive ketones (excluding diaryl/α,β-unsaturated/α-hetero) is 1. The lowest BCUT2D eigenvalue weighted by molar-refractivity contribution is -0.162. The van der Waals surface area contributed by atoms with E-state index in [4.69, 9.17) is 23.7 Å². The topological polar surface area (TPSA) is 114 Å². The van der Waals surface area contributed by atoms with Crippen molar-refractivity contribution in [2.75, 3.05) is 13.7 Å². The van der Waals surface area contributed by atoms with E-state index in [-0.39, 0.29) is 31.5 Å². The molecule has 0 bridgehead atoms. The normalized spacial score (nSPS) is 13.3. The molecule has 0 radical (unpaired) electrons. The first-order chi connectivity index (χ1) is 23.7. The summed E-state index contributed by atoms with van der Waals surface area (Å²) in [4.78, 5) is 50.9. The van der Waals surface area contributed by atoms with Crippen LogP contribution in [0.1, 0.15) is 116 Å². The maximum Gasteiger partial charge on any atom is 0.309 e. The van der Waals surface area contributed by atoms with E-state index in [2.05, 4.69) is 19.7 Å². The summed E-state index contributed by atoms with van der Waals surface area (Å²) in [6.07, 6.45) is 12.6. The number of hydrogen-bond acceptors (Lipinski definition) is 9. The molecular weight excluding hydrogens is 624 g/mol. The van der Waals surface area contributed by atoms with Crippen LogP contribution >= 0.6 is 0 Å². The van der Waals surface area contributed by atoms with Crippen LogP contribution in [0.25, 0.3) is 0 Å². The molecule has 0 aliphatic heterocycles. The number of carbonyl (C=O) groups excluding carboxylic acids is 4. The number of esters is 3. The predicted octanol–water partition coefficient (Wildman–Crippen LogP) is 8.59. The zero-order valence-electron chi connectivity index (χ0n) is 30.0. The summed E-state index contributed by atoms with van der Waals surface area (Å²) in [5.74, 6) is -0.870. The third-order valence-corrected chi connectivity index (χ3v) is 7.94. The van der Waals surface area contributed by atoms with Crippen molar-refractivity contribution in [1.82, 2.24) is 0 Å². The van der Waals surface area contributed by atoms with Crippen LogP contribution in [0.15, 0.2) is 68.3 Å². The van der Waals surface area contributed by atoms with Crippen LogP contribution in [0.4, 0.5) is 0 Å². The van der Waals surface area contributed by atoms with E-state index in [9.17, 15) is 19.2 Å². The van der Waals surface area contributed by atoms with Gasteiger partial charge in [-0.15, -0.1) is 19.7 Å². The number of ketones is 1. The summed E-state index contributed by atoms with van der Waals surface area (Å²) in [6, 6.07) is 9.41. The second kappa shape index (κ2) is 28.2. The minimum Gasteiger partial charge on any atom is -0.493 e. The third-order valence-electron chi connectivity index (χ3n) is 7.94. The fourth-order valence-corrected chi connectivity index (χ4v) is 5.30. The number of benzene rings is 1. The lowest BCUT2D eigenvalue weighted by Gasteiger charge is -2.23. The maximum atomic E-state index is 13.3. The first-order valence-electron chi connectivity index (χ1n) is 17.8. The molecule has 274 valence electrons. The summed E-state index contributed by atoms with van der Waals surface area (Å²) in [5, 5.41) is 0. The van der Waals surface area contributed by atoms with Crippen LogP contribution < -0.4 is 4.74 Å². The van der Waals surface area contributed by atoms with Crippen LogP contribution in [-0.4, -0.2) is 61.8 Å². The zero-order chi connectivity index (χ0) is 36.1. The minimum atomic E-state index is -0.708. The molecule has 9 nitrogen and oxygen atoms in total. The predicted molar refractivity (Wildman–Crippen MR) is 192 cm³/mol. The summed E-state index contributed by atoms with van der Waals surface area (Å²) in [7, 11) is 1.54. The molecular formula is C40H60O9. The van der Waals surface area contributed by atoms with Crippen LogP contribution in [0, 0.1) is 0 Å². The van der Waals surface area contributed by atoms with Crippen molar-refractivity contribution in [3.05, 3.63) is 68.3 Å². The summed E-state index contributed by atoms with van der Waals surface area (Å²) in [6.45, 7) is 13.0. The lowest BCUT2D eigenvalue weighted by atomic mass is 10.0. The van der Waals surface area contributed by atoms with Gasteiger partial charge < -0.3 is 23.7 Å². The molecule has 0 heterocycles. The molecule has 0 saturated heterocycles. The Kier molecular flexibility index (Phi) is 24.9. The standard InChI is InChI=1S/C40H60O9/c1-6-9-12-14-15-18-25-37(48-38(42)29-34(45-5)26-27-46-33-22-19-16-20-23-33)31-40(44)49-36(24-17-13-10-7-2)30-39(43)47-35(21-11-8-3)28-32(4)41/h6-8,16,19-20,22-23,34-37H,1-3,9-15,17-18,21,24-31H2,4-5H3. The van der Waals surface area contributed by atoms with Gasteiger partial charge in [-0.1, -0.05) is 49.3 Å². The van der Waals surface area contributed by atoms with Gasteiger partial charge in [-0.05, 0) is 83.3 Å². The summed E-state index contributed by atoms with van der Waals surface area (Å²) >= 11 is 0. The number of rotatable bonds is 31. The van der Waals surface area contributed by atoms with E-state index in [1.54, 1.807) is 13.2 Å². The highest BCUT2D eigenvalue weighted by Crippen LogP contribution is 2.20. The fourth-order valence-electron chi connectivity index (χ4n) is 5.30. The molecule has 0 spiro atoms. The van der Waals surface area contributed by atoms with Crippen molar-refractivity contribution in [1.29, 1.82) is 0 Å². The molecule has 1 aromatic carbocycles. The third kappa shape index (κ3) is 23.3. The Morgan fingerprint density at radius 3 is 1.57 bits per heavy atom. The van der Waals surface area contributed by atoms with Crippen LogP contribution in [0.3, 0.4) is 0 Å². The number of ether oxygens (including phenoxy) is 5. The fraction of sp³-hybridized carbons (Fsp3) is 0.600. The molecule has 1 rings (SSSR count). The number of unbranched alkanes of at least 4 members (excludes halogenated alkanes) is 6. The molecule has 49 heavy (non-hydrogen) atoms. The van der Waals surface area contributed by atoms with Gasteiger partial charge in [0.15, 0.2) is 0 Å². The first kappa shape index (κ1) is 43.3. The molecule has 0 N–H and O–H groups in total. The quantitative estimate of drug-likeness (QED) is 0.0328. The smallest absolute Gasteiger partial charge is 0.309 e. The van der Waals surface area contributed by atoms with Crippen molar-refractivity contribution in [2.45, 2.75) is 140 Å². The lowest BCUT2D eigenvalue weighted by Crippen LogP contribution is -2.30. The van der Waals surface area contributed by atoms with Crippen molar-refractivity contribution in [2.24, 2.45) is 0 Å². The first-order valence-corrected chi connectivity index (χ1v) is 17.8. The van der Waals surface area contributed by atoms with Crippen molar-refractivity contribution in [3.63, 3.8) is 0 Å². The van der Waals surface area contributed by atoms with Gasteiger partial charge in [-0.25, -0.2) is 0 Å². The highest BCUT2D eigenvalue weighted by Gasteiger charge is 2.26. The monoisotopic (exact) mass is 684 g/mol. The van der Waals surface area contributed by atoms with Gasteiger partial charge in [-0.3, -0.25) is 19.2 Å². The average Bonchev–Trinajstić information content (AvgIpc) is 3.06. The van der Waals surface area contributed by atoms with Gasteiger partial charge in [0, 0.05) is 20.0 Å². The van der Waals surface area contributed by atoms with Gasteiger partial charge in [0.25, 0.3) is 0 Å². The largest absolute Gasteiger partial charge is 0.493 e. The van der Waals surface area contributed by atoms with Crippen LogP contribution in [0.5, 0.6) is 5.75 Å². The van der Waals surface area contributed by atoms with E-state index in [1.165, 1.54) is 6.92 Å². The van der Waals surface area contributed by atoms with Gasteiger partial charge in [0.05, 0.1) is 32.0 Å². The Morgan fingerprint density at radius 2 is 1.06 bits per heavy atom. The molecule has 4 atom stereocenters. The van der Waals surface area contributed by atoms with E-state index in [0.717, 1.165) is 57.1 Å². The van der Waals surface area contributed by atoms with Crippen molar-refractivity contribution >= 4 is 23.7 Å². The minimum absolute atomic E-state index is 0.0184. The highest BCUT2D eigenvalue weighted by atomic mass is 16.6. The van der Waals surface area contributed by atoms with E-state index >= 15 is 0 Å². The number of hydrogen-bond donors (Lipinski definition) is 0. The molecule has 0 aliphatic carbocycles. The molecule has 0 amide bonds. The Morgan fingerprint density at radius 1 is 0.592 bits per heavy atom. The Labute approximate surface area is 294 Å². The number of para-hydroxylation sites is 1. The molecule has 4 unspecified atom stereocenters. The molecule has 9 heteroatoms.